The van der Waals surface area contributed by atoms with Crippen LogP contribution in [0.2, 0.25) is 0 Å². The van der Waals surface area contributed by atoms with Crippen molar-refractivity contribution in [2.45, 2.75) is 45.1 Å². The van der Waals surface area contributed by atoms with Gasteiger partial charge in [0.05, 0.1) is 0 Å². The normalized spacial score (nSPS) is 15.6. The van der Waals surface area contributed by atoms with Crippen molar-refractivity contribution in [2.24, 2.45) is 5.92 Å². The van der Waals surface area contributed by atoms with Gasteiger partial charge in [-0.15, -0.1) is 0 Å². The molecule has 1 aliphatic heterocycles. The van der Waals surface area contributed by atoms with Crippen LogP contribution in [-0.2, 0) is 12.8 Å². The van der Waals surface area contributed by atoms with E-state index in [2.05, 4.69) is 165 Å². The molecule has 1 N–H and O–H groups in total. The van der Waals surface area contributed by atoms with Gasteiger partial charge in [0, 0.05) is 10.6 Å². The standard InChI is InChI=1S/C44H42O2P2/c1-2-17-34-32-35-19-16-29-42(48(38-24-11-5-12-25-38)39-26-13-6-14-27-39)44(35)46-40(34)31-30-33-18-15-28-41(43(33)45)47(36-20-7-3-8-21-36)37-22-9-4-10-23-37/h3-16,18-29,34,40,45H,2,17,30-32H2,1H3. The van der Waals surface area contributed by atoms with Crippen LogP contribution in [-0.4, -0.2) is 11.2 Å². The molecule has 2 unspecified atom stereocenters. The summed E-state index contributed by atoms with van der Waals surface area (Å²) in [5, 5.41) is 19.3. The van der Waals surface area contributed by atoms with Gasteiger partial charge in [-0.3, -0.25) is 0 Å². The SMILES string of the molecule is CCCC1Cc2cccc(P(c3ccccc3)c3ccccc3)c2OC1CCc1cccc(P(c2ccccc2)c2ccccc2)c1O. The van der Waals surface area contributed by atoms with E-state index in [1.54, 1.807) is 0 Å². The molecule has 6 aromatic rings. The number of aryl methyl sites for hydroxylation is 1. The van der Waals surface area contributed by atoms with Crippen LogP contribution in [0, 0.1) is 5.92 Å². The number of phenols is 1. The molecular formula is C44H42O2P2. The summed E-state index contributed by atoms with van der Waals surface area (Å²) >= 11 is 0. The summed E-state index contributed by atoms with van der Waals surface area (Å²) in [6, 6.07) is 56.1. The molecule has 2 atom stereocenters. The Morgan fingerprint density at radius 3 is 1.56 bits per heavy atom. The summed E-state index contributed by atoms with van der Waals surface area (Å²) < 4.78 is 7.17. The monoisotopic (exact) mass is 664 g/mol. The van der Waals surface area contributed by atoms with Crippen molar-refractivity contribution >= 4 is 47.7 Å². The van der Waals surface area contributed by atoms with Gasteiger partial charge in [0.2, 0.25) is 0 Å². The molecule has 0 radical (unpaired) electrons. The Hall–Kier alpha value is -4.22. The first kappa shape index (κ1) is 32.3. The van der Waals surface area contributed by atoms with Crippen molar-refractivity contribution in [3.8, 4) is 11.5 Å². The number of hydrogen-bond donors (Lipinski definition) is 1. The van der Waals surface area contributed by atoms with Crippen molar-refractivity contribution in [1.29, 1.82) is 0 Å². The minimum Gasteiger partial charge on any atom is -0.507 e. The highest BCUT2D eigenvalue weighted by Gasteiger charge is 2.33. The van der Waals surface area contributed by atoms with E-state index in [0.29, 0.717) is 11.7 Å². The molecule has 4 heteroatoms. The van der Waals surface area contributed by atoms with Gasteiger partial charge in [-0.1, -0.05) is 171 Å². The van der Waals surface area contributed by atoms with Crippen molar-refractivity contribution < 1.29 is 9.84 Å². The predicted octanol–water partition coefficient (Wildman–Crippen LogP) is 8.26. The predicted molar refractivity (Wildman–Crippen MR) is 207 cm³/mol. The fourth-order valence-electron chi connectivity index (χ4n) is 7.08. The van der Waals surface area contributed by atoms with E-state index >= 15 is 0 Å². The zero-order chi connectivity index (χ0) is 32.7. The molecule has 1 heterocycles. The van der Waals surface area contributed by atoms with Crippen LogP contribution < -0.4 is 36.6 Å². The Bertz CT molecular complexity index is 1830. The molecule has 6 aromatic carbocycles. The van der Waals surface area contributed by atoms with Crippen molar-refractivity contribution in [2.75, 3.05) is 0 Å². The first-order valence-electron chi connectivity index (χ1n) is 17.1. The molecule has 0 saturated heterocycles. The highest BCUT2D eigenvalue weighted by Crippen LogP contribution is 2.43. The van der Waals surface area contributed by atoms with Crippen molar-refractivity contribution in [1.82, 2.24) is 0 Å². The number of benzene rings is 6. The minimum atomic E-state index is -0.893. The number of aromatic hydroxyl groups is 1. The lowest BCUT2D eigenvalue weighted by Gasteiger charge is -2.36. The van der Waals surface area contributed by atoms with E-state index in [-0.39, 0.29) is 6.10 Å². The zero-order valence-electron chi connectivity index (χ0n) is 27.5. The van der Waals surface area contributed by atoms with E-state index in [0.717, 1.165) is 48.7 Å². The Balaban J connectivity index is 1.21. The fourth-order valence-corrected chi connectivity index (χ4v) is 11.9. The molecule has 0 saturated carbocycles. The molecule has 240 valence electrons. The quantitative estimate of drug-likeness (QED) is 0.141. The summed E-state index contributed by atoms with van der Waals surface area (Å²) in [5.41, 5.74) is 2.32. The Labute approximate surface area is 288 Å². The lowest BCUT2D eigenvalue weighted by atomic mass is 9.84. The Kier molecular flexibility index (Phi) is 10.3. The Morgan fingerprint density at radius 2 is 1.04 bits per heavy atom. The topological polar surface area (TPSA) is 29.5 Å². The summed E-state index contributed by atoms with van der Waals surface area (Å²) in [4.78, 5) is 0. The number of hydrogen-bond acceptors (Lipinski definition) is 2. The second kappa shape index (κ2) is 15.3. The summed E-state index contributed by atoms with van der Waals surface area (Å²) in [7, 11) is -1.67. The van der Waals surface area contributed by atoms with E-state index in [1.807, 2.05) is 0 Å². The number of rotatable bonds is 11. The maximum atomic E-state index is 11.9. The van der Waals surface area contributed by atoms with E-state index in [1.165, 1.54) is 32.1 Å². The largest absolute Gasteiger partial charge is 0.507 e. The van der Waals surface area contributed by atoms with Crippen molar-refractivity contribution in [3.05, 3.63) is 169 Å². The maximum absolute atomic E-state index is 11.9. The van der Waals surface area contributed by atoms with Gasteiger partial charge in [0.15, 0.2) is 0 Å². The number of ether oxygens (including phenoxy) is 1. The van der Waals surface area contributed by atoms with Gasteiger partial charge in [-0.2, -0.15) is 0 Å². The molecule has 2 nitrogen and oxygen atoms in total. The summed E-state index contributed by atoms with van der Waals surface area (Å²) in [5.74, 6) is 1.94. The molecular weight excluding hydrogens is 622 g/mol. The zero-order valence-corrected chi connectivity index (χ0v) is 29.2. The van der Waals surface area contributed by atoms with Gasteiger partial charge >= 0.3 is 0 Å². The summed E-state index contributed by atoms with van der Waals surface area (Å²) in [6.07, 6.45) is 4.97. The lowest BCUT2D eigenvalue weighted by molar-refractivity contribution is 0.1000. The maximum Gasteiger partial charge on any atom is 0.131 e. The smallest absolute Gasteiger partial charge is 0.131 e. The number of fused-ring (bicyclic) bond motifs is 1. The number of para-hydroxylation sites is 2. The third-order valence-corrected chi connectivity index (χ3v) is 14.3. The first-order valence-corrected chi connectivity index (χ1v) is 19.8. The molecule has 48 heavy (non-hydrogen) atoms. The molecule has 0 fully saturated rings. The molecule has 7 rings (SSSR count). The van der Waals surface area contributed by atoms with E-state index < -0.39 is 15.8 Å². The van der Waals surface area contributed by atoms with Crippen LogP contribution >= 0.6 is 15.8 Å². The van der Waals surface area contributed by atoms with Gasteiger partial charge in [0.1, 0.15) is 17.6 Å². The fraction of sp³-hybridized carbons (Fsp3) is 0.182. The second-order valence-electron chi connectivity index (χ2n) is 12.5. The molecule has 0 aromatic heterocycles. The van der Waals surface area contributed by atoms with Crippen LogP contribution in [0.15, 0.2) is 158 Å². The van der Waals surface area contributed by atoms with Gasteiger partial charge < -0.3 is 9.84 Å². The van der Waals surface area contributed by atoms with Crippen LogP contribution in [0.25, 0.3) is 0 Å². The molecule has 1 aliphatic rings. The van der Waals surface area contributed by atoms with Crippen molar-refractivity contribution in [3.63, 3.8) is 0 Å². The van der Waals surface area contributed by atoms with Gasteiger partial charge in [-0.05, 0) is 79.8 Å². The Morgan fingerprint density at radius 1 is 0.562 bits per heavy atom. The van der Waals surface area contributed by atoms with E-state index in [4.69, 9.17) is 4.74 Å². The van der Waals surface area contributed by atoms with Crippen LogP contribution in [0.3, 0.4) is 0 Å². The molecule has 0 spiro atoms. The molecule has 0 amide bonds. The summed E-state index contributed by atoms with van der Waals surface area (Å²) in [6.45, 7) is 2.28. The highest BCUT2D eigenvalue weighted by atomic mass is 31.1. The van der Waals surface area contributed by atoms with E-state index in [9.17, 15) is 5.11 Å². The average molecular weight is 665 g/mol. The minimum absolute atomic E-state index is 0.0785. The number of phenolic OH excluding ortho intramolecular Hbond substituents is 1. The average Bonchev–Trinajstić information content (AvgIpc) is 3.14. The molecule has 0 bridgehead atoms. The van der Waals surface area contributed by atoms with Gasteiger partial charge in [0.25, 0.3) is 0 Å². The first-order chi connectivity index (χ1) is 23.7. The van der Waals surface area contributed by atoms with Crippen LogP contribution in [0.4, 0.5) is 0 Å². The van der Waals surface area contributed by atoms with Crippen LogP contribution in [0.5, 0.6) is 11.5 Å². The van der Waals surface area contributed by atoms with Gasteiger partial charge in [-0.25, -0.2) is 0 Å². The molecule has 0 aliphatic carbocycles. The third-order valence-electron chi connectivity index (χ3n) is 9.35. The van der Waals surface area contributed by atoms with Crippen LogP contribution in [0.1, 0.15) is 37.3 Å². The lowest BCUT2D eigenvalue weighted by Crippen LogP contribution is -2.36. The third kappa shape index (κ3) is 6.98. The second-order valence-corrected chi connectivity index (χ2v) is 16.9. The highest BCUT2D eigenvalue weighted by molar-refractivity contribution is 7.80.